The van der Waals surface area contributed by atoms with Crippen LogP contribution in [-0.2, 0) is 28.1 Å². The van der Waals surface area contributed by atoms with Crippen LogP contribution in [0.5, 0.6) is 5.75 Å². The summed E-state index contributed by atoms with van der Waals surface area (Å²) < 4.78 is 9.28. The van der Waals surface area contributed by atoms with Gasteiger partial charge in [-0.15, -0.1) is 0 Å². The second-order valence-electron chi connectivity index (χ2n) is 13.2. The van der Waals surface area contributed by atoms with Gasteiger partial charge < -0.3 is 9.61 Å². The molecule has 1 unspecified atom stereocenters. The van der Waals surface area contributed by atoms with Crippen LogP contribution in [0.4, 0.5) is 5.69 Å². The minimum atomic E-state index is -2.60. The Hall–Kier alpha value is -1.35. The second kappa shape index (κ2) is 10.2. The highest BCUT2D eigenvalue weighted by atomic mass is 32.5. The smallest absolute Gasteiger partial charge is 0.276 e. The third kappa shape index (κ3) is 6.70. The molecule has 0 aromatic heterocycles. The molecule has 3 rings (SSSR count). The van der Waals surface area contributed by atoms with E-state index in [9.17, 15) is 0 Å². The van der Waals surface area contributed by atoms with Crippen LogP contribution in [-0.4, -0.2) is 17.8 Å². The van der Waals surface area contributed by atoms with E-state index < -0.39 is 6.57 Å². The molecule has 1 aliphatic heterocycles. The van der Waals surface area contributed by atoms with E-state index >= 15 is 0 Å². The maximum Gasteiger partial charge on any atom is 0.276 e. The maximum absolute atomic E-state index is 6.85. The summed E-state index contributed by atoms with van der Waals surface area (Å²) in [5.74, 6) is 0.884. The van der Waals surface area contributed by atoms with E-state index in [4.69, 9.17) is 16.3 Å². The number of para-hydroxylation sites is 1. The Morgan fingerprint density at radius 1 is 0.800 bits per heavy atom. The first-order chi connectivity index (χ1) is 16.0. The molecule has 5 heteroatoms. The number of benzene rings is 2. The Morgan fingerprint density at radius 2 is 1.31 bits per heavy atom. The van der Waals surface area contributed by atoms with Gasteiger partial charge in [0.15, 0.2) is 0 Å². The van der Waals surface area contributed by atoms with E-state index in [-0.39, 0.29) is 16.2 Å². The van der Waals surface area contributed by atoms with Crippen molar-refractivity contribution in [3.05, 3.63) is 58.7 Å². The van der Waals surface area contributed by atoms with Gasteiger partial charge >= 0.3 is 0 Å². The predicted molar refractivity (Wildman–Crippen MR) is 158 cm³/mol. The van der Waals surface area contributed by atoms with E-state index in [1.165, 1.54) is 41.6 Å². The SMILES string of the molecule is Cc1ccccc1OP(=S)(Nc1c(C(C)(C)C)cc(C(C)(C)C)cc1C(C)(C)C)N1CCCCC1. The van der Waals surface area contributed by atoms with Crippen LogP contribution in [0.3, 0.4) is 0 Å². The number of hydrogen-bond donors (Lipinski definition) is 1. The van der Waals surface area contributed by atoms with Gasteiger partial charge in [-0.1, -0.05) is 99.1 Å². The molecule has 1 saturated heterocycles. The molecule has 1 atom stereocenters. The summed E-state index contributed by atoms with van der Waals surface area (Å²) in [6, 6.07) is 13.1. The predicted octanol–water partition coefficient (Wildman–Crippen LogP) is 9.09. The molecular weight excluding hydrogens is 467 g/mol. The third-order valence-corrected chi connectivity index (χ3v) is 10.2. The lowest BCUT2D eigenvalue weighted by molar-refractivity contribution is 0.345. The lowest BCUT2D eigenvalue weighted by atomic mass is 9.74. The van der Waals surface area contributed by atoms with Crippen molar-refractivity contribution in [2.45, 2.75) is 105 Å². The molecule has 1 N–H and O–H groups in total. The lowest BCUT2D eigenvalue weighted by Gasteiger charge is -2.41. The number of nitrogens with zero attached hydrogens (tertiary/aromatic N) is 1. The van der Waals surface area contributed by atoms with E-state index in [1.807, 2.05) is 6.07 Å². The van der Waals surface area contributed by atoms with Gasteiger partial charge in [0, 0.05) is 18.8 Å². The Bertz CT molecular complexity index is 1050. The lowest BCUT2D eigenvalue weighted by Crippen LogP contribution is -2.33. The number of nitrogens with one attached hydrogen (secondary N) is 1. The Labute approximate surface area is 220 Å². The van der Waals surface area contributed by atoms with Crippen LogP contribution >= 0.6 is 6.57 Å². The van der Waals surface area contributed by atoms with Gasteiger partial charge in [-0.25, -0.2) is 4.67 Å². The zero-order valence-corrected chi connectivity index (χ0v) is 25.4. The number of aryl methyl sites for hydroxylation is 1. The average molecular weight is 515 g/mol. The Kier molecular flexibility index (Phi) is 8.22. The molecule has 0 saturated carbocycles. The first kappa shape index (κ1) is 28.2. The van der Waals surface area contributed by atoms with E-state index in [1.54, 1.807) is 0 Å². The standard InChI is InChI=1S/C30H47N2OPS/c1-22-16-12-13-17-26(22)33-34(35,32-18-14-11-15-19-32)31-27-24(29(5,6)7)20-23(28(2,3)4)21-25(27)30(8,9)10/h12-13,16-17,20-21H,11,14-15,18-19H2,1-10H3,(H,31,35). The van der Waals surface area contributed by atoms with Crippen molar-refractivity contribution in [3.8, 4) is 5.75 Å². The fraction of sp³-hybridized carbons (Fsp3) is 0.600. The molecule has 0 amide bonds. The maximum atomic E-state index is 6.85. The Morgan fingerprint density at radius 3 is 1.77 bits per heavy atom. The second-order valence-corrected chi connectivity index (χ2v) is 16.7. The third-order valence-electron chi connectivity index (χ3n) is 6.89. The highest BCUT2D eigenvalue weighted by molar-refractivity contribution is 8.11. The van der Waals surface area contributed by atoms with Crippen LogP contribution in [0.15, 0.2) is 36.4 Å². The fourth-order valence-electron chi connectivity index (χ4n) is 4.60. The van der Waals surface area contributed by atoms with Gasteiger partial charge in [0.1, 0.15) is 5.75 Å². The number of hydrogen-bond acceptors (Lipinski definition) is 2. The zero-order valence-electron chi connectivity index (χ0n) is 23.7. The highest BCUT2D eigenvalue weighted by Crippen LogP contribution is 2.55. The van der Waals surface area contributed by atoms with Gasteiger partial charge in [0.2, 0.25) is 0 Å². The topological polar surface area (TPSA) is 24.5 Å². The molecule has 35 heavy (non-hydrogen) atoms. The molecule has 0 aliphatic carbocycles. The normalized spacial score (nSPS) is 17.7. The zero-order chi connectivity index (χ0) is 26.2. The van der Waals surface area contributed by atoms with Crippen molar-refractivity contribution in [3.63, 3.8) is 0 Å². The molecule has 2 aromatic carbocycles. The summed E-state index contributed by atoms with van der Waals surface area (Å²) in [4.78, 5) is 0. The van der Waals surface area contributed by atoms with Crippen LogP contribution in [0.2, 0.25) is 0 Å². The van der Waals surface area contributed by atoms with Crippen molar-refractivity contribution < 1.29 is 4.52 Å². The van der Waals surface area contributed by atoms with E-state index in [0.29, 0.717) is 0 Å². The average Bonchev–Trinajstić information content (AvgIpc) is 2.73. The molecule has 0 radical (unpaired) electrons. The van der Waals surface area contributed by atoms with Gasteiger partial charge in [-0.2, -0.15) is 0 Å². The van der Waals surface area contributed by atoms with Gasteiger partial charge in [0.25, 0.3) is 6.57 Å². The summed E-state index contributed by atoms with van der Waals surface area (Å²) >= 11 is 6.52. The summed E-state index contributed by atoms with van der Waals surface area (Å²) in [5, 5.41) is 3.96. The molecule has 3 nitrogen and oxygen atoms in total. The summed E-state index contributed by atoms with van der Waals surface area (Å²) in [6.45, 7) is 22.2. The first-order valence-corrected chi connectivity index (χ1v) is 15.8. The highest BCUT2D eigenvalue weighted by Gasteiger charge is 2.36. The van der Waals surface area contributed by atoms with Crippen LogP contribution in [0.25, 0.3) is 0 Å². The minimum Gasteiger partial charge on any atom is -0.437 e. The first-order valence-electron chi connectivity index (χ1n) is 13.1. The number of rotatable bonds is 5. The fourth-order valence-corrected chi connectivity index (χ4v) is 7.72. The molecule has 194 valence electrons. The van der Waals surface area contributed by atoms with E-state index in [0.717, 1.165) is 24.4 Å². The molecule has 1 fully saturated rings. The molecule has 0 bridgehead atoms. The van der Waals surface area contributed by atoms with Crippen LogP contribution < -0.4 is 9.61 Å². The van der Waals surface area contributed by atoms with Crippen molar-refractivity contribution in [2.24, 2.45) is 0 Å². The summed E-state index contributed by atoms with van der Waals surface area (Å²) in [7, 11) is 0. The summed E-state index contributed by atoms with van der Waals surface area (Å²) in [6.07, 6.45) is 3.59. The number of piperidine rings is 1. The number of anilines is 1. The summed E-state index contributed by atoms with van der Waals surface area (Å²) in [5.41, 5.74) is 6.25. The quantitative estimate of drug-likeness (QED) is 0.402. The van der Waals surface area contributed by atoms with Gasteiger partial charge in [0.05, 0.1) is 0 Å². The Balaban J connectivity index is 2.24. The molecular formula is C30H47N2OPS. The molecule has 0 spiro atoms. The van der Waals surface area contributed by atoms with Crippen molar-refractivity contribution in [1.82, 2.24) is 4.67 Å². The molecule has 1 aliphatic rings. The monoisotopic (exact) mass is 514 g/mol. The van der Waals surface area contributed by atoms with Crippen molar-refractivity contribution in [1.29, 1.82) is 0 Å². The van der Waals surface area contributed by atoms with Crippen molar-refractivity contribution >= 4 is 24.1 Å². The van der Waals surface area contributed by atoms with Crippen LogP contribution in [0, 0.1) is 6.92 Å². The van der Waals surface area contributed by atoms with Crippen LogP contribution in [0.1, 0.15) is 104 Å². The van der Waals surface area contributed by atoms with Gasteiger partial charge in [-0.05, 0) is 76.1 Å². The minimum absolute atomic E-state index is 0.0473. The molecule has 1 heterocycles. The van der Waals surface area contributed by atoms with E-state index in [2.05, 4.69) is 109 Å². The van der Waals surface area contributed by atoms with Crippen molar-refractivity contribution in [2.75, 3.05) is 18.2 Å². The molecule has 2 aromatic rings. The van der Waals surface area contributed by atoms with Gasteiger partial charge in [-0.3, -0.25) is 0 Å². The largest absolute Gasteiger partial charge is 0.437 e.